The van der Waals surface area contributed by atoms with Crippen LogP contribution in [0.25, 0.3) is 10.9 Å². The van der Waals surface area contributed by atoms with E-state index >= 15 is 0 Å². The Balaban J connectivity index is 1.42. The number of benzene rings is 2. The number of pyridine rings is 1. The van der Waals surface area contributed by atoms with E-state index in [0.29, 0.717) is 29.9 Å². The molecule has 0 atom stereocenters. The van der Waals surface area contributed by atoms with Gasteiger partial charge in [-0.15, -0.1) is 0 Å². The minimum Gasteiger partial charge on any atom is -0.486 e. The molecule has 0 spiro atoms. The summed E-state index contributed by atoms with van der Waals surface area (Å²) in [5.41, 5.74) is 3.45. The zero-order valence-electron chi connectivity index (χ0n) is 17.0. The second kappa shape index (κ2) is 10.1. The van der Waals surface area contributed by atoms with Crippen LogP contribution in [0.2, 0.25) is 5.02 Å². The third kappa shape index (κ3) is 5.59. The van der Waals surface area contributed by atoms with Gasteiger partial charge in [-0.1, -0.05) is 17.7 Å². The Kier molecular flexibility index (Phi) is 6.76. The van der Waals surface area contributed by atoms with E-state index in [0.717, 1.165) is 34.5 Å². The standard InChI is InChI=1S/C23H22ClN5O2/c1-30-11-10-26-17-5-7-21-16(12-17)14-27-23(29-21)28-18-6-8-22(20(24)13-18)31-15-19-4-2-3-9-25-19/h2-9,12-14,26H,10-11,15H2,1H3,(H,27,28,29). The third-order valence-corrected chi connectivity index (χ3v) is 4.80. The molecule has 2 aromatic carbocycles. The van der Waals surface area contributed by atoms with E-state index in [2.05, 4.69) is 25.6 Å². The van der Waals surface area contributed by atoms with Gasteiger partial charge < -0.3 is 20.1 Å². The monoisotopic (exact) mass is 435 g/mol. The lowest BCUT2D eigenvalue weighted by Crippen LogP contribution is -2.07. The second-order valence-corrected chi connectivity index (χ2v) is 7.17. The van der Waals surface area contributed by atoms with Crippen molar-refractivity contribution in [2.24, 2.45) is 0 Å². The van der Waals surface area contributed by atoms with Gasteiger partial charge in [-0.2, -0.15) is 0 Å². The minimum atomic E-state index is 0.351. The van der Waals surface area contributed by atoms with E-state index in [-0.39, 0.29) is 0 Å². The maximum absolute atomic E-state index is 6.38. The number of hydrogen-bond donors (Lipinski definition) is 2. The van der Waals surface area contributed by atoms with Crippen molar-refractivity contribution in [1.82, 2.24) is 15.0 Å². The Morgan fingerprint density at radius 3 is 2.71 bits per heavy atom. The lowest BCUT2D eigenvalue weighted by atomic mass is 10.2. The molecule has 8 heteroatoms. The number of halogens is 1. The molecule has 0 aliphatic carbocycles. The van der Waals surface area contributed by atoms with Gasteiger partial charge in [0.05, 0.1) is 22.8 Å². The summed E-state index contributed by atoms with van der Waals surface area (Å²) in [4.78, 5) is 13.2. The molecule has 2 aromatic heterocycles. The number of fused-ring (bicyclic) bond motifs is 1. The van der Waals surface area contributed by atoms with Gasteiger partial charge in [0.25, 0.3) is 0 Å². The SMILES string of the molecule is COCCNc1ccc2nc(Nc3ccc(OCc4ccccn4)c(Cl)c3)ncc2c1. The van der Waals surface area contributed by atoms with Crippen molar-refractivity contribution in [1.29, 1.82) is 0 Å². The molecule has 0 fully saturated rings. The van der Waals surface area contributed by atoms with Gasteiger partial charge in [0.15, 0.2) is 0 Å². The van der Waals surface area contributed by atoms with Crippen LogP contribution in [0.15, 0.2) is 67.0 Å². The molecule has 0 saturated carbocycles. The Hall–Kier alpha value is -3.42. The second-order valence-electron chi connectivity index (χ2n) is 6.77. The van der Waals surface area contributed by atoms with Crippen LogP contribution in [0.3, 0.4) is 0 Å². The van der Waals surface area contributed by atoms with Crippen LogP contribution >= 0.6 is 11.6 Å². The zero-order valence-corrected chi connectivity index (χ0v) is 17.8. The highest BCUT2D eigenvalue weighted by Gasteiger charge is 2.07. The van der Waals surface area contributed by atoms with Crippen molar-refractivity contribution in [3.05, 3.63) is 77.7 Å². The number of rotatable bonds is 9. The average Bonchev–Trinajstić information content (AvgIpc) is 2.79. The summed E-state index contributed by atoms with van der Waals surface area (Å²) < 4.78 is 10.8. The van der Waals surface area contributed by atoms with E-state index < -0.39 is 0 Å². The van der Waals surface area contributed by atoms with Crippen molar-refractivity contribution in [2.45, 2.75) is 6.61 Å². The van der Waals surface area contributed by atoms with Crippen LogP contribution in [0.4, 0.5) is 17.3 Å². The van der Waals surface area contributed by atoms with Crippen molar-refractivity contribution < 1.29 is 9.47 Å². The lowest BCUT2D eigenvalue weighted by Gasteiger charge is -2.11. The molecule has 0 radical (unpaired) electrons. The summed E-state index contributed by atoms with van der Waals surface area (Å²) in [7, 11) is 1.68. The number of methoxy groups -OCH3 is 1. The maximum Gasteiger partial charge on any atom is 0.227 e. The molecule has 4 rings (SSSR count). The molecule has 31 heavy (non-hydrogen) atoms. The van der Waals surface area contributed by atoms with Gasteiger partial charge in [0, 0.05) is 42.8 Å². The van der Waals surface area contributed by atoms with Crippen molar-refractivity contribution >= 4 is 39.8 Å². The smallest absolute Gasteiger partial charge is 0.227 e. The van der Waals surface area contributed by atoms with Crippen LogP contribution in [0.5, 0.6) is 5.75 Å². The first-order valence-corrected chi connectivity index (χ1v) is 10.2. The molecule has 158 valence electrons. The van der Waals surface area contributed by atoms with E-state index in [1.807, 2.05) is 48.5 Å². The number of hydrogen-bond acceptors (Lipinski definition) is 7. The molecule has 4 aromatic rings. The van der Waals surface area contributed by atoms with Gasteiger partial charge in [0.2, 0.25) is 5.95 Å². The molecule has 0 aliphatic heterocycles. The minimum absolute atomic E-state index is 0.351. The Morgan fingerprint density at radius 2 is 1.90 bits per heavy atom. The fourth-order valence-corrected chi connectivity index (χ4v) is 3.20. The average molecular weight is 436 g/mol. The van der Waals surface area contributed by atoms with E-state index in [1.54, 1.807) is 25.6 Å². The van der Waals surface area contributed by atoms with Crippen LogP contribution < -0.4 is 15.4 Å². The van der Waals surface area contributed by atoms with Crippen molar-refractivity contribution in [3.8, 4) is 5.75 Å². The molecular weight excluding hydrogens is 414 g/mol. The van der Waals surface area contributed by atoms with E-state index in [4.69, 9.17) is 21.1 Å². The van der Waals surface area contributed by atoms with Crippen molar-refractivity contribution in [3.63, 3.8) is 0 Å². The third-order valence-electron chi connectivity index (χ3n) is 4.50. The predicted molar refractivity (Wildman–Crippen MR) is 123 cm³/mol. The fraction of sp³-hybridized carbons (Fsp3) is 0.174. The number of aromatic nitrogens is 3. The summed E-state index contributed by atoms with van der Waals surface area (Å²) in [6, 6.07) is 17.1. The molecule has 7 nitrogen and oxygen atoms in total. The van der Waals surface area contributed by atoms with Crippen LogP contribution in [-0.4, -0.2) is 35.2 Å². The zero-order chi connectivity index (χ0) is 21.5. The number of ether oxygens (including phenoxy) is 2. The summed E-state index contributed by atoms with van der Waals surface area (Å²) in [5, 5.41) is 7.93. The Morgan fingerprint density at radius 1 is 1.00 bits per heavy atom. The van der Waals surface area contributed by atoms with E-state index in [1.165, 1.54) is 0 Å². The van der Waals surface area contributed by atoms with Crippen LogP contribution in [-0.2, 0) is 11.3 Å². The fourth-order valence-electron chi connectivity index (χ4n) is 2.96. The van der Waals surface area contributed by atoms with Crippen LogP contribution in [0, 0.1) is 0 Å². The molecule has 0 aliphatic rings. The lowest BCUT2D eigenvalue weighted by molar-refractivity contribution is 0.211. The Labute approximate surface area is 185 Å². The highest BCUT2D eigenvalue weighted by Crippen LogP contribution is 2.29. The maximum atomic E-state index is 6.38. The van der Waals surface area contributed by atoms with E-state index in [9.17, 15) is 0 Å². The van der Waals surface area contributed by atoms with Gasteiger partial charge in [-0.25, -0.2) is 9.97 Å². The molecular formula is C23H22ClN5O2. The quantitative estimate of drug-likeness (QED) is 0.355. The van der Waals surface area contributed by atoms with Crippen LogP contribution in [0.1, 0.15) is 5.69 Å². The topological polar surface area (TPSA) is 81.2 Å². The number of nitrogens with zero attached hydrogens (tertiary/aromatic N) is 3. The summed E-state index contributed by atoms with van der Waals surface area (Å²) >= 11 is 6.38. The summed E-state index contributed by atoms with van der Waals surface area (Å²) in [6.45, 7) is 1.74. The largest absolute Gasteiger partial charge is 0.486 e. The Bertz CT molecular complexity index is 1160. The first-order valence-electron chi connectivity index (χ1n) is 9.80. The number of nitrogens with one attached hydrogen (secondary N) is 2. The molecule has 0 saturated heterocycles. The first-order chi connectivity index (χ1) is 15.2. The highest BCUT2D eigenvalue weighted by atomic mass is 35.5. The molecule has 0 unspecified atom stereocenters. The number of anilines is 3. The normalized spacial score (nSPS) is 10.8. The summed E-state index contributed by atoms with van der Waals surface area (Å²) in [6.07, 6.45) is 3.52. The molecule has 2 N–H and O–H groups in total. The predicted octanol–water partition coefficient (Wildman–Crippen LogP) is 5.06. The van der Waals surface area contributed by atoms with Gasteiger partial charge in [0.1, 0.15) is 12.4 Å². The first kappa shape index (κ1) is 20.8. The molecule has 0 amide bonds. The molecule has 0 bridgehead atoms. The highest BCUT2D eigenvalue weighted by molar-refractivity contribution is 6.32. The van der Waals surface area contributed by atoms with Gasteiger partial charge in [-0.05, 0) is 48.5 Å². The van der Waals surface area contributed by atoms with Gasteiger partial charge >= 0.3 is 0 Å². The van der Waals surface area contributed by atoms with Gasteiger partial charge in [-0.3, -0.25) is 4.98 Å². The molecule has 2 heterocycles. The summed E-state index contributed by atoms with van der Waals surface area (Å²) in [5.74, 6) is 1.08. The van der Waals surface area contributed by atoms with Crippen molar-refractivity contribution in [2.75, 3.05) is 30.9 Å².